The van der Waals surface area contributed by atoms with Crippen LogP contribution in [0.15, 0.2) is 35.7 Å². The fraction of sp³-hybridized carbons (Fsp3) is 0.333. The van der Waals surface area contributed by atoms with E-state index in [4.69, 9.17) is 4.74 Å². The fourth-order valence-corrected chi connectivity index (χ4v) is 3.28. The number of hydrogen-bond acceptors (Lipinski definition) is 5. The SMILES string of the molecule is COc1ccc([N+](=O)[O-])cc1NC(c1cccs1)C1CC1. The number of rotatable bonds is 6. The molecule has 0 aliphatic heterocycles. The van der Waals surface area contributed by atoms with Crippen LogP contribution < -0.4 is 10.1 Å². The minimum atomic E-state index is -0.387. The minimum Gasteiger partial charge on any atom is -0.495 e. The highest BCUT2D eigenvalue weighted by Gasteiger charge is 2.33. The van der Waals surface area contributed by atoms with Crippen LogP contribution in [0.2, 0.25) is 0 Å². The van der Waals surface area contributed by atoms with Gasteiger partial charge in [-0.15, -0.1) is 11.3 Å². The maximum absolute atomic E-state index is 11.0. The molecule has 1 saturated carbocycles. The fourth-order valence-electron chi connectivity index (χ4n) is 2.41. The summed E-state index contributed by atoms with van der Waals surface area (Å²) in [5, 5.41) is 16.4. The quantitative estimate of drug-likeness (QED) is 0.641. The van der Waals surface area contributed by atoms with Gasteiger partial charge >= 0.3 is 0 Å². The van der Waals surface area contributed by atoms with Crippen LogP contribution in [0.25, 0.3) is 0 Å². The van der Waals surface area contributed by atoms with Crippen LogP contribution in [0.4, 0.5) is 11.4 Å². The molecule has 0 saturated heterocycles. The van der Waals surface area contributed by atoms with Gasteiger partial charge < -0.3 is 10.1 Å². The maximum atomic E-state index is 11.0. The summed E-state index contributed by atoms with van der Waals surface area (Å²) in [6.07, 6.45) is 2.37. The van der Waals surface area contributed by atoms with E-state index in [9.17, 15) is 10.1 Å². The van der Waals surface area contributed by atoms with Crippen molar-refractivity contribution in [2.75, 3.05) is 12.4 Å². The molecule has 110 valence electrons. The average Bonchev–Trinajstić information content (AvgIpc) is 3.18. The Hall–Kier alpha value is -2.08. The van der Waals surface area contributed by atoms with Gasteiger partial charge in [0.2, 0.25) is 0 Å². The molecule has 5 nitrogen and oxygen atoms in total. The minimum absolute atomic E-state index is 0.0685. The molecule has 3 rings (SSSR count). The first-order valence-electron chi connectivity index (χ1n) is 6.81. The van der Waals surface area contributed by atoms with Crippen molar-refractivity contribution in [1.82, 2.24) is 0 Å². The van der Waals surface area contributed by atoms with Crippen molar-refractivity contribution in [2.24, 2.45) is 5.92 Å². The van der Waals surface area contributed by atoms with Gasteiger partial charge in [0.1, 0.15) is 5.75 Å². The second kappa shape index (κ2) is 5.73. The number of nitro groups is 1. The molecule has 1 aromatic carbocycles. The lowest BCUT2D eigenvalue weighted by atomic mass is 10.1. The third kappa shape index (κ3) is 3.00. The van der Waals surface area contributed by atoms with Crippen LogP contribution in [-0.4, -0.2) is 12.0 Å². The molecule has 1 heterocycles. The molecule has 1 aliphatic carbocycles. The number of non-ortho nitro benzene ring substituents is 1. The van der Waals surface area contributed by atoms with E-state index in [1.807, 2.05) is 6.07 Å². The maximum Gasteiger partial charge on any atom is 0.271 e. The first-order chi connectivity index (χ1) is 10.2. The summed E-state index contributed by atoms with van der Waals surface area (Å²) in [7, 11) is 1.57. The number of ether oxygens (including phenoxy) is 1. The van der Waals surface area contributed by atoms with Crippen LogP contribution in [0.3, 0.4) is 0 Å². The Bertz CT molecular complexity index is 638. The lowest BCUT2D eigenvalue weighted by Gasteiger charge is -2.20. The highest BCUT2D eigenvalue weighted by atomic mass is 32.1. The Labute approximate surface area is 126 Å². The van der Waals surface area contributed by atoms with Crippen molar-refractivity contribution in [3.63, 3.8) is 0 Å². The van der Waals surface area contributed by atoms with E-state index >= 15 is 0 Å². The molecule has 6 heteroatoms. The highest BCUT2D eigenvalue weighted by Crippen LogP contribution is 2.45. The predicted octanol–water partition coefficient (Wildman–Crippen LogP) is 4.23. The van der Waals surface area contributed by atoms with Gasteiger partial charge in [0.25, 0.3) is 5.69 Å². The lowest BCUT2D eigenvalue weighted by Crippen LogP contribution is -2.12. The number of hydrogen-bond donors (Lipinski definition) is 1. The van der Waals surface area contributed by atoms with Crippen molar-refractivity contribution in [2.45, 2.75) is 18.9 Å². The lowest BCUT2D eigenvalue weighted by molar-refractivity contribution is -0.384. The topological polar surface area (TPSA) is 64.4 Å². The number of nitrogens with one attached hydrogen (secondary N) is 1. The predicted molar refractivity (Wildman–Crippen MR) is 83.1 cm³/mol. The van der Waals surface area contributed by atoms with Gasteiger partial charge in [-0.05, 0) is 36.3 Å². The molecule has 0 radical (unpaired) electrons. The van der Waals surface area contributed by atoms with Crippen LogP contribution in [0.5, 0.6) is 5.75 Å². The first kappa shape index (κ1) is 13.9. The summed E-state index contributed by atoms with van der Waals surface area (Å²) in [6, 6.07) is 8.97. The van der Waals surface area contributed by atoms with E-state index in [0.29, 0.717) is 17.4 Å². The van der Waals surface area contributed by atoms with Crippen LogP contribution in [0, 0.1) is 16.0 Å². The van der Waals surface area contributed by atoms with Gasteiger partial charge in [-0.25, -0.2) is 0 Å². The molecular formula is C15H16N2O3S. The summed E-state index contributed by atoms with van der Waals surface area (Å²) in [5.41, 5.74) is 0.746. The molecule has 1 fully saturated rings. The smallest absolute Gasteiger partial charge is 0.271 e. The van der Waals surface area contributed by atoms with Crippen molar-refractivity contribution in [1.29, 1.82) is 0 Å². The summed E-state index contributed by atoms with van der Waals surface area (Å²) < 4.78 is 5.32. The van der Waals surface area contributed by atoms with Gasteiger partial charge in [-0.3, -0.25) is 10.1 Å². The van der Waals surface area contributed by atoms with E-state index in [1.54, 1.807) is 30.6 Å². The summed E-state index contributed by atoms with van der Waals surface area (Å²) in [5.74, 6) is 1.22. The van der Waals surface area contributed by atoms with Crippen LogP contribution >= 0.6 is 11.3 Å². The second-order valence-electron chi connectivity index (χ2n) is 5.12. The normalized spacial score (nSPS) is 15.5. The Morgan fingerprint density at radius 3 is 2.81 bits per heavy atom. The van der Waals surface area contributed by atoms with Crippen molar-refractivity contribution in [3.05, 3.63) is 50.7 Å². The molecule has 1 unspecified atom stereocenters. The Morgan fingerprint density at radius 1 is 1.43 bits per heavy atom. The molecular weight excluding hydrogens is 288 g/mol. The number of benzene rings is 1. The Kier molecular flexibility index (Phi) is 3.79. The second-order valence-corrected chi connectivity index (χ2v) is 6.10. The Balaban J connectivity index is 1.91. The van der Waals surface area contributed by atoms with E-state index in [0.717, 1.165) is 0 Å². The van der Waals surface area contributed by atoms with Gasteiger partial charge in [0, 0.05) is 17.0 Å². The zero-order valence-electron chi connectivity index (χ0n) is 11.6. The van der Waals surface area contributed by atoms with Gasteiger partial charge in [-0.1, -0.05) is 6.07 Å². The van der Waals surface area contributed by atoms with Crippen molar-refractivity contribution < 1.29 is 9.66 Å². The summed E-state index contributed by atoms with van der Waals surface area (Å²) in [6.45, 7) is 0. The molecule has 0 spiro atoms. The molecule has 1 atom stereocenters. The van der Waals surface area contributed by atoms with Gasteiger partial charge in [0.15, 0.2) is 0 Å². The highest BCUT2D eigenvalue weighted by molar-refractivity contribution is 7.10. The largest absolute Gasteiger partial charge is 0.495 e. The summed E-state index contributed by atoms with van der Waals surface area (Å²) >= 11 is 1.71. The molecule has 0 amide bonds. The van der Waals surface area contributed by atoms with Crippen molar-refractivity contribution in [3.8, 4) is 5.75 Å². The zero-order valence-corrected chi connectivity index (χ0v) is 12.4. The standard InChI is InChI=1S/C15H16N2O3S/c1-20-13-7-6-11(17(18)19)9-12(13)16-15(10-4-5-10)14-3-2-8-21-14/h2-3,6-10,15-16H,4-5H2,1H3. The van der Waals surface area contributed by atoms with E-state index in [2.05, 4.69) is 16.8 Å². The summed E-state index contributed by atoms with van der Waals surface area (Å²) in [4.78, 5) is 11.8. The molecule has 0 bridgehead atoms. The van der Waals surface area contributed by atoms with Gasteiger partial charge in [-0.2, -0.15) is 0 Å². The number of methoxy groups -OCH3 is 1. The molecule has 1 aromatic heterocycles. The Morgan fingerprint density at radius 2 is 2.24 bits per heavy atom. The molecule has 1 aliphatic rings. The molecule has 1 N–H and O–H groups in total. The monoisotopic (exact) mass is 304 g/mol. The van der Waals surface area contributed by atoms with Crippen molar-refractivity contribution >= 4 is 22.7 Å². The van der Waals surface area contributed by atoms with E-state index < -0.39 is 0 Å². The average molecular weight is 304 g/mol. The first-order valence-corrected chi connectivity index (χ1v) is 7.69. The third-order valence-electron chi connectivity index (χ3n) is 3.65. The van der Waals surface area contributed by atoms with E-state index in [-0.39, 0.29) is 16.7 Å². The van der Waals surface area contributed by atoms with Crippen LogP contribution in [0.1, 0.15) is 23.8 Å². The molecule has 21 heavy (non-hydrogen) atoms. The molecule has 2 aromatic rings. The zero-order chi connectivity index (χ0) is 14.8. The number of nitrogens with zero attached hydrogens (tertiary/aromatic N) is 1. The van der Waals surface area contributed by atoms with Crippen LogP contribution in [-0.2, 0) is 0 Å². The number of nitro benzene ring substituents is 1. The van der Waals surface area contributed by atoms with E-state index in [1.165, 1.54) is 23.8 Å². The van der Waals surface area contributed by atoms with Gasteiger partial charge in [0.05, 0.1) is 23.8 Å². The number of thiophene rings is 1. The number of anilines is 1. The third-order valence-corrected chi connectivity index (χ3v) is 4.60.